The molecule has 310 valence electrons. The number of aliphatic carboxylic acids is 1. The molecule has 16 heteroatoms. The second kappa shape index (κ2) is 18.9. The van der Waals surface area contributed by atoms with Gasteiger partial charge in [0.25, 0.3) is 0 Å². The maximum atomic E-state index is 13.9. The molecule has 4 aromatic carbocycles. The van der Waals surface area contributed by atoms with Crippen molar-refractivity contribution in [2.24, 2.45) is 5.41 Å². The number of methoxy groups -OCH3 is 2. The molecule has 0 bridgehead atoms. The summed E-state index contributed by atoms with van der Waals surface area (Å²) in [6, 6.07) is 34.3. The number of aromatic nitrogens is 6. The van der Waals surface area contributed by atoms with Gasteiger partial charge in [0.05, 0.1) is 27.1 Å². The van der Waals surface area contributed by atoms with Crippen molar-refractivity contribution in [1.29, 1.82) is 0 Å². The van der Waals surface area contributed by atoms with Crippen molar-refractivity contribution < 1.29 is 33.8 Å². The van der Waals surface area contributed by atoms with Crippen LogP contribution in [0.25, 0.3) is 0 Å². The molecular weight excluding hydrogens is 767 g/mol. The summed E-state index contributed by atoms with van der Waals surface area (Å²) in [5.74, 6) is -2.13. The maximum absolute atomic E-state index is 13.9. The third kappa shape index (κ3) is 9.17. The first-order valence-corrected chi connectivity index (χ1v) is 19.2. The molecule has 0 spiro atoms. The standard InChI is InChI=1S/C44H47N9O7/c1-43(2,42(58)48-36(40(56)47-27-39(54)55)25-38-49-50-51-53(38)28-30-20-21-35(59-3)24-37(30)60-4)41(57)46-23-22-34-26-45-29-52(34)44(31-14-8-5-9-15-31,32-16-10-6-11-17-32)33-18-12-7-13-19-33/h5-21,24,26,29,36H,22-23,25,27-28H2,1-4H3,(H,46,57)(H,47,56)(H,48,58)(H,54,55)/t36-/m0/s1. The normalized spacial score (nSPS) is 11.9. The first-order valence-electron chi connectivity index (χ1n) is 19.2. The molecule has 0 saturated carbocycles. The molecule has 0 aliphatic heterocycles. The quantitative estimate of drug-likeness (QED) is 0.0690. The number of carbonyl (C=O) groups is 4. The zero-order valence-corrected chi connectivity index (χ0v) is 33.7. The Labute approximate surface area is 346 Å². The molecule has 3 amide bonds. The van der Waals surface area contributed by atoms with E-state index in [0.29, 0.717) is 23.5 Å². The first-order chi connectivity index (χ1) is 29.0. The van der Waals surface area contributed by atoms with Gasteiger partial charge in [0.1, 0.15) is 35.0 Å². The minimum absolute atomic E-state index is 0.142. The molecule has 2 heterocycles. The lowest BCUT2D eigenvalue weighted by Crippen LogP contribution is -2.55. The molecular formula is C44H47N9O7. The zero-order chi connectivity index (χ0) is 42.7. The number of carboxylic acid groups (broad SMARTS) is 1. The average molecular weight is 814 g/mol. The Kier molecular flexibility index (Phi) is 13.3. The van der Waals surface area contributed by atoms with E-state index in [1.807, 2.05) is 54.6 Å². The van der Waals surface area contributed by atoms with Gasteiger partial charge >= 0.3 is 5.97 Å². The van der Waals surface area contributed by atoms with Gasteiger partial charge in [-0.3, -0.25) is 19.2 Å². The summed E-state index contributed by atoms with van der Waals surface area (Å²) in [5.41, 5.74) is 2.09. The van der Waals surface area contributed by atoms with Gasteiger partial charge in [0.15, 0.2) is 5.82 Å². The van der Waals surface area contributed by atoms with Crippen LogP contribution < -0.4 is 25.4 Å². The lowest BCUT2D eigenvalue weighted by molar-refractivity contribution is -0.143. The maximum Gasteiger partial charge on any atom is 0.322 e. The number of hydrogen-bond acceptors (Lipinski definition) is 10. The summed E-state index contributed by atoms with van der Waals surface area (Å²) in [6.07, 6.45) is 3.70. The van der Waals surface area contributed by atoms with Crippen LogP contribution in [0, 0.1) is 5.41 Å². The fraction of sp³-hybridized carbons (Fsp3) is 0.273. The first kappa shape index (κ1) is 42.3. The lowest BCUT2D eigenvalue weighted by atomic mass is 9.76. The summed E-state index contributed by atoms with van der Waals surface area (Å²) in [6.45, 7) is 2.49. The van der Waals surface area contributed by atoms with Crippen molar-refractivity contribution in [3.63, 3.8) is 0 Å². The van der Waals surface area contributed by atoms with Crippen LogP contribution in [-0.2, 0) is 44.1 Å². The molecule has 0 saturated heterocycles. The summed E-state index contributed by atoms with van der Waals surface area (Å²) >= 11 is 0. The Morgan fingerprint density at radius 1 is 0.800 bits per heavy atom. The van der Waals surface area contributed by atoms with Crippen LogP contribution in [0.15, 0.2) is 122 Å². The number of ether oxygens (including phenoxy) is 2. The van der Waals surface area contributed by atoms with E-state index >= 15 is 0 Å². The Hall–Kier alpha value is -7.36. The average Bonchev–Trinajstić information content (AvgIpc) is 3.93. The predicted octanol–water partition coefficient (Wildman–Crippen LogP) is 3.39. The van der Waals surface area contributed by atoms with Crippen molar-refractivity contribution in [2.45, 2.75) is 44.8 Å². The van der Waals surface area contributed by atoms with Gasteiger partial charge in [-0.1, -0.05) is 91.0 Å². The third-order valence-electron chi connectivity index (χ3n) is 10.3. The third-order valence-corrected chi connectivity index (χ3v) is 10.3. The summed E-state index contributed by atoms with van der Waals surface area (Å²) in [4.78, 5) is 57.0. The summed E-state index contributed by atoms with van der Waals surface area (Å²) < 4.78 is 14.3. The van der Waals surface area contributed by atoms with Gasteiger partial charge in [-0.05, 0) is 53.1 Å². The summed E-state index contributed by atoms with van der Waals surface area (Å²) in [5, 5.41) is 29.0. The minimum atomic E-state index is -1.67. The largest absolute Gasteiger partial charge is 0.497 e. The molecule has 6 rings (SSSR count). The predicted molar refractivity (Wildman–Crippen MR) is 220 cm³/mol. The van der Waals surface area contributed by atoms with E-state index in [0.717, 1.165) is 22.4 Å². The highest BCUT2D eigenvalue weighted by Gasteiger charge is 2.41. The molecule has 6 aromatic rings. The minimum Gasteiger partial charge on any atom is -0.497 e. The number of rotatable bonds is 19. The van der Waals surface area contributed by atoms with Crippen molar-refractivity contribution in [1.82, 2.24) is 45.7 Å². The number of carbonyl (C=O) groups excluding carboxylic acids is 3. The van der Waals surface area contributed by atoms with E-state index in [1.165, 1.54) is 32.7 Å². The molecule has 4 N–H and O–H groups in total. The number of hydrogen-bond donors (Lipinski definition) is 4. The zero-order valence-electron chi connectivity index (χ0n) is 33.7. The highest BCUT2D eigenvalue weighted by molar-refractivity contribution is 6.05. The van der Waals surface area contributed by atoms with E-state index in [2.05, 4.69) is 77.4 Å². The number of benzene rings is 4. The summed E-state index contributed by atoms with van der Waals surface area (Å²) in [7, 11) is 3.05. The smallest absolute Gasteiger partial charge is 0.322 e. The van der Waals surface area contributed by atoms with Gasteiger partial charge in [-0.25, -0.2) is 9.67 Å². The van der Waals surface area contributed by atoms with Gasteiger partial charge in [0.2, 0.25) is 17.7 Å². The van der Waals surface area contributed by atoms with Crippen LogP contribution in [0.1, 0.15) is 47.6 Å². The van der Waals surface area contributed by atoms with Crippen molar-refractivity contribution in [3.8, 4) is 11.5 Å². The molecule has 0 fully saturated rings. The van der Waals surface area contributed by atoms with Crippen LogP contribution in [0.5, 0.6) is 11.5 Å². The van der Waals surface area contributed by atoms with E-state index in [9.17, 15) is 24.3 Å². The molecule has 60 heavy (non-hydrogen) atoms. The topological polar surface area (TPSA) is 204 Å². The van der Waals surface area contributed by atoms with E-state index in [-0.39, 0.29) is 25.3 Å². The number of carboxylic acids is 1. The number of nitrogens with zero attached hydrogens (tertiary/aromatic N) is 6. The number of tetrazole rings is 1. The van der Waals surface area contributed by atoms with Gasteiger partial charge in [-0.15, -0.1) is 5.10 Å². The fourth-order valence-electron chi connectivity index (χ4n) is 7.05. The molecule has 1 atom stereocenters. The Bertz CT molecular complexity index is 2300. The van der Waals surface area contributed by atoms with Gasteiger partial charge in [0, 0.05) is 42.9 Å². The Morgan fingerprint density at radius 2 is 1.42 bits per heavy atom. The van der Waals surface area contributed by atoms with E-state index in [4.69, 9.17) is 9.47 Å². The van der Waals surface area contributed by atoms with Crippen LogP contribution in [-0.4, -0.2) is 91.9 Å². The number of amides is 3. The second-order valence-electron chi connectivity index (χ2n) is 14.5. The number of imidazole rings is 1. The Balaban J connectivity index is 1.19. The Morgan fingerprint density at radius 3 is 1.98 bits per heavy atom. The van der Waals surface area contributed by atoms with Crippen molar-refractivity contribution >= 4 is 23.7 Å². The lowest BCUT2D eigenvalue weighted by Gasteiger charge is -2.38. The molecule has 0 aliphatic carbocycles. The molecule has 0 aliphatic rings. The SMILES string of the molecule is COc1ccc(Cn2nnnc2C[C@H](NC(=O)C(C)(C)C(=O)NCCc2cncn2C(c2ccccc2)(c2ccccc2)c2ccccc2)C(=O)NCC(=O)O)c(OC)c1. The van der Waals surface area contributed by atoms with Gasteiger partial charge < -0.3 is 35.1 Å². The van der Waals surface area contributed by atoms with Crippen LogP contribution in [0.2, 0.25) is 0 Å². The van der Waals surface area contributed by atoms with Crippen LogP contribution in [0.4, 0.5) is 0 Å². The highest BCUT2D eigenvalue weighted by atomic mass is 16.5. The van der Waals surface area contributed by atoms with E-state index in [1.54, 1.807) is 30.7 Å². The van der Waals surface area contributed by atoms with Crippen molar-refractivity contribution in [3.05, 3.63) is 155 Å². The second-order valence-corrected chi connectivity index (χ2v) is 14.5. The molecule has 16 nitrogen and oxygen atoms in total. The monoisotopic (exact) mass is 813 g/mol. The molecule has 0 radical (unpaired) electrons. The van der Waals surface area contributed by atoms with Gasteiger partial charge in [-0.2, -0.15) is 0 Å². The van der Waals surface area contributed by atoms with Crippen LogP contribution >= 0.6 is 0 Å². The number of nitrogens with one attached hydrogen (secondary N) is 3. The molecule has 2 aromatic heterocycles. The highest BCUT2D eigenvalue weighted by Crippen LogP contribution is 2.41. The fourth-order valence-corrected chi connectivity index (χ4v) is 7.05. The van der Waals surface area contributed by atoms with Crippen LogP contribution in [0.3, 0.4) is 0 Å². The van der Waals surface area contributed by atoms with E-state index < -0.39 is 47.2 Å². The molecule has 0 unspecified atom stereocenters. The van der Waals surface area contributed by atoms with Crippen molar-refractivity contribution in [2.75, 3.05) is 27.3 Å².